The van der Waals surface area contributed by atoms with E-state index in [2.05, 4.69) is 10.4 Å². The first-order valence-electron chi connectivity index (χ1n) is 8.01. The summed E-state index contributed by atoms with van der Waals surface area (Å²) in [5.74, 6) is 1.02. The molecule has 0 saturated heterocycles. The van der Waals surface area contributed by atoms with Crippen LogP contribution in [0.3, 0.4) is 0 Å². The van der Waals surface area contributed by atoms with E-state index in [9.17, 15) is 4.79 Å². The van der Waals surface area contributed by atoms with Gasteiger partial charge in [-0.1, -0.05) is 23.7 Å². The molecule has 0 aliphatic carbocycles. The van der Waals surface area contributed by atoms with Crippen LogP contribution in [0.4, 0.5) is 5.69 Å². The molecule has 0 spiro atoms. The normalized spacial score (nSPS) is 12.0. The molecule has 1 aromatic heterocycles. The molecular formula is C19H16ClN3O3. The highest BCUT2D eigenvalue weighted by atomic mass is 35.5. The first kappa shape index (κ1) is 16.5. The number of aryl methyl sites for hydroxylation is 1. The van der Waals surface area contributed by atoms with Crippen molar-refractivity contribution in [1.29, 1.82) is 0 Å². The maximum atomic E-state index is 12.8. The molecule has 1 amide bonds. The van der Waals surface area contributed by atoms with Gasteiger partial charge in [-0.05, 0) is 30.3 Å². The SMILES string of the molecule is COc1ccc(NC(=O)c2nn(C)c3c2COc2ccccc2-3)cc1Cl. The number of carbonyl (C=O) groups is 1. The number of hydrogen-bond donors (Lipinski definition) is 1. The first-order valence-corrected chi connectivity index (χ1v) is 8.39. The Morgan fingerprint density at radius 3 is 2.88 bits per heavy atom. The number of rotatable bonds is 3. The van der Waals surface area contributed by atoms with Crippen molar-refractivity contribution in [2.75, 3.05) is 12.4 Å². The minimum absolute atomic E-state index is 0.298. The Hall–Kier alpha value is -2.99. The Labute approximate surface area is 155 Å². The fourth-order valence-electron chi connectivity index (χ4n) is 3.10. The van der Waals surface area contributed by atoms with Crippen LogP contribution in [0.5, 0.6) is 11.5 Å². The van der Waals surface area contributed by atoms with E-state index in [-0.39, 0.29) is 5.91 Å². The highest BCUT2D eigenvalue weighted by Crippen LogP contribution is 2.38. The Morgan fingerprint density at radius 1 is 1.31 bits per heavy atom. The number of benzene rings is 2. The third-order valence-corrected chi connectivity index (χ3v) is 4.58. The van der Waals surface area contributed by atoms with Gasteiger partial charge in [0.2, 0.25) is 0 Å². The zero-order valence-corrected chi connectivity index (χ0v) is 15.0. The number of aromatic nitrogens is 2. The van der Waals surface area contributed by atoms with E-state index in [1.54, 1.807) is 22.9 Å². The topological polar surface area (TPSA) is 65.4 Å². The quantitative estimate of drug-likeness (QED) is 0.760. The third-order valence-electron chi connectivity index (χ3n) is 4.28. The molecule has 3 aromatic rings. The third kappa shape index (κ3) is 2.68. The lowest BCUT2D eigenvalue weighted by atomic mass is 10.0. The number of ether oxygens (including phenoxy) is 2. The predicted octanol–water partition coefficient (Wildman–Crippen LogP) is 3.89. The van der Waals surface area contributed by atoms with Crippen molar-refractivity contribution in [2.45, 2.75) is 6.61 Å². The van der Waals surface area contributed by atoms with Crippen LogP contribution in [0.2, 0.25) is 5.02 Å². The molecule has 26 heavy (non-hydrogen) atoms. The molecule has 1 N–H and O–H groups in total. The largest absolute Gasteiger partial charge is 0.495 e. The van der Waals surface area contributed by atoms with Crippen molar-refractivity contribution in [2.24, 2.45) is 7.05 Å². The summed E-state index contributed by atoms with van der Waals surface area (Å²) < 4.78 is 12.6. The number of fused-ring (bicyclic) bond motifs is 3. The molecule has 6 nitrogen and oxygen atoms in total. The predicted molar refractivity (Wildman–Crippen MR) is 98.9 cm³/mol. The number of halogens is 1. The van der Waals surface area contributed by atoms with E-state index in [1.807, 2.05) is 31.3 Å². The zero-order valence-electron chi connectivity index (χ0n) is 14.2. The summed E-state index contributed by atoms with van der Waals surface area (Å²) in [7, 11) is 3.36. The van der Waals surface area contributed by atoms with Crippen LogP contribution >= 0.6 is 11.6 Å². The van der Waals surface area contributed by atoms with Crippen LogP contribution in [0.15, 0.2) is 42.5 Å². The lowest BCUT2D eigenvalue weighted by Gasteiger charge is -2.18. The van der Waals surface area contributed by atoms with Gasteiger partial charge in [-0.15, -0.1) is 0 Å². The lowest BCUT2D eigenvalue weighted by Crippen LogP contribution is -2.16. The van der Waals surface area contributed by atoms with Crippen LogP contribution in [0.25, 0.3) is 11.3 Å². The second kappa shape index (κ2) is 6.38. The molecule has 0 atom stereocenters. The summed E-state index contributed by atoms with van der Waals surface area (Å²) in [5.41, 5.74) is 3.49. The second-order valence-electron chi connectivity index (χ2n) is 5.89. The molecule has 132 valence electrons. The number of nitrogens with one attached hydrogen (secondary N) is 1. The van der Waals surface area contributed by atoms with E-state index in [0.29, 0.717) is 28.8 Å². The monoisotopic (exact) mass is 369 g/mol. The molecular weight excluding hydrogens is 354 g/mol. The first-order chi connectivity index (χ1) is 12.6. The average Bonchev–Trinajstić information content (AvgIpc) is 2.99. The number of anilines is 1. The molecule has 0 unspecified atom stereocenters. The summed E-state index contributed by atoms with van der Waals surface area (Å²) in [6.07, 6.45) is 0. The maximum absolute atomic E-state index is 12.8. The standard InChI is InChI=1S/C19H16ClN3O3/c1-23-18-12-5-3-4-6-15(12)26-10-13(18)17(22-23)19(24)21-11-7-8-16(25-2)14(20)9-11/h3-9H,10H2,1-2H3,(H,21,24). The summed E-state index contributed by atoms with van der Waals surface area (Å²) in [5, 5.41) is 7.66. The number of hydrogen-bond acceptors (Lipinski definition) is 4. The van der Waals surface area contributed by atoms with E-state index in [1.165, 1.54) is 7.11 Å². The maximum Gasteiger partial charge on any atom is 0.276 e. The molecule has 2 heterocycles. The Bertz CT molecular complexity index is 1010. The van der Waals surface area contributed by atoms with Crippen molar-refractivity contribution >= 4 is 23.2 Å². The van der Waals surface area contributed by atoms with Gasteiger partial charge in [0.05, 0.1) is 17.8 Å². The van der Waals surface area contributed by atoms with Gasteiger partial charge in [-0.2, -0.15) is 5.10 Å². The number of amides is 1. The van der Waals surface area contributed by atoms with E-state index in [4.69, 9.17) is 21.1 Å². The molecule has 4 rings (SSSR count). The van der Waals surface area contributed by atoms with Crippen LogP contribution in [0, 0.1) is 0 Å². The van der Waals surface area contributed by atoms with Gasteiger partial charge in [0.15, 0.2) is 5.69 Å². The number of carbonyl (C=O) groups excluding carboxylic acids is 1. The fraction of sp³-hybridized carbons (Fsp3) is 0.158. The van der Waals surface area contributed by atoms with Gasteiger partial charge in [-0.3, -0.25) is 9.48 Å². The lowest BCUT2D eigenvalue weighted by molar-refractivity contribution is 0.101. The summed E-state index contributed by atoms with van der Waals surface area (Å²) >= 11 is 6.12. The van der Waals surface area contributed by atoms with E-state index < -0.39 is 0 Å². The second-order valence-corrected chi connectivity index (χ2v) is 6.29. The minimum Gasteiger partial charge on any atom is -0.495 e. The molecule has 2 aromatic carbocycles. The summed E-state index contributed by atoms with van der Waals surface area (Å²) in [6.45, 7) is 0.298. The van der Waals surface area contributed by atoms with Crippen molar-refractivity contribution in [3.63, 3.8) is 0 Å². The molecule has 0 radical (unpaired) electrons. The van der Waals surface area contributed by atoms with Crippen LogP contribution < -0.4 is 14.8 Å². The van der Waals surface area contributed by atoms with Crippen LogP contribution in [-0.4, -0.2) is 22.8 Å². The van der Waals surface area contributed by atoms with E-state index in [0.717, 1.165) is 22.6 Å². The van der Waals surface area contributed by atoms with Crippen molar-refractivity contribution in [3.05, 3.63) is 58.7 Å². The summed E-state index contributed by atoms with van der Waals surface area (Å²) in [4.78, 5) is 12.8. The van der Waals surface area contributed by atoms with Gasteiger partial charge in [0, 0.05) is 23.9 Å². The van der Waals surface area contributed by atoms with Gasteiger partial charge in [0.25, 0.3) is 5.91 Å². The fourth-order valence-corrected chi connectivity index (χ4v) is 3.35. The molecule has 0 saturated carbocycles. The number of para-hydroxylation sites is 1. The highest BCUT2D eigenvalue weighted by molar-refractivity contribution is 6.32. The molecule has 1 aliphatic heterocycles. The van der Waals surface area contributed by atoms with Gasteiger partial charge < -0.3 is 14.8 Å². The average molecular weight is 370 g/mol. The van der Waals surface area contributed by atoms with Crippen LogP contribution in [-0.2, 0) is 13.7 Å². The Balaban J connectivity index is 1.68. The van der Waals surface area contributed by atoms with Crippen molar-refractivity contribution in [3.8, 4) is 22.8 Å². The van der Waals surface area contributed by atoms with Gasteiger partial charge in [0.1, 0.15) is 18.1 Å². The number of nitrogens with zero attached hydrogens (tertiary/aromatic N) is 2. The molecule has 7 heteroatoms. The Kier molecular flexibility index (Phi) is 4.05. The molecule has 0 fully saturated rings. The Morgan fingerprint density at radius 2 is 2.12 bits per heavy atom. The highest BCUT2D eigenvalue weighted by Gasteiger charge is 2.28. The smallest absolute Gasteiger partial charge is 0.276 e. The number of methoxy groups -OCH3 is 1. The van der Waals surface area contributed by atoms with Gasteiger partial charge >= 0.3 is 0 Å². The van der Waals surface area contributed by atoms with Crippen molar-refractivity contribution < 1.29 is 14.3 Å². The van der Waals surface area contributed by atoms with Crippen LogP contribution in [0.1, 0.15) is 16.1 Å². The van der Waals surface area contributed by atoms with Crippen molar-refractivity contribution in [1.82, 2.24) is 9.78 Å². The van der Waals surface area contributed by atoms with E-state index >= 15 is 0 Å². The zero-order chi connectivity index (χ0) is 18.3. The molecule has 0 bridgehead atoms. The summed E-state index contributed by atoms with van der Waals surface area (Å²) in [6, 6.07) is 12.8. The minimum atomic E-state index is -0.314. The van der Waals surface area contributed by atoms with Gasteiger partial charge in [-0.25, -0.2) is 0 Å². The molecule has 1 aliphatic rings.